The van der Waals surface area contributed by atoms with E-state index in [4.69, 9.17) is 9.47 Å². The molecule has 1 aliphatic rings. The van der Waals surface area contributed by atoms with E-state index in [-0.39, 0.29) is 11.9 Å². The molecule has 2 unspecified atom stereocenters. The number of carbonyl (C=O) groups excluding carboxylic acids is 1. The van der Waals surface area contributed by atoms with Crippen molar-refractivity contribution in [2.24, 2.45) is 0 Å². The first-order valence-corrected chi connectivity index (χ1v) is 9.84. The number of amides is 1. The highest BCUT2D eigenvalue weighted by atomic mass is 16.5. The van der Waals surface area contributed by atoms with Crippen LogP contribution in [0.4, 0.5) is 0 Å². The maximum atomic E-state index is 12.8. The number of methoxy groups -OCH3 is 1. The van der Waals surface area contributed by atoms with Crippen molar-refractivity contribution >= 4 is 5.91 Å². The Kier molecular flexibility index (Phi) is 6.38. The Morgan fingerprint density at radius 1 is 1.11 bits per heavy atom. The van der Waals surface area contributed by atoms with Gasteiger partial charge in [-0.25, -0.2) is 0 Å². The second-order valence-corrected chi connectivity index (χ2v) is 7.12. The zero-order valence-electron chi connectivity index (χ0n) is 16.5. The third kappa shape index (κ3) is 4.62. The van der Waals surface area contributed by atoms with Crippen molar-refractivity contribution in [1.29, 1.82) is 0 Å². The number of carbonyl (C=O) groups is 1. The monoisotopic (exact) mass is 367 g/mol. The quantitative estimate of drug-likeness (QED) is 0.777. The molecule has 0 saturated heterocycles. The summed E-state index contributed by atoms with van der Waals surface area (Å²) in [5.41, 5.74) is 3.73. The van der Waals surface area contributed by atoms with E-state index in [9.17, 15) is 4.79 Å². The summed E-state index contributed by atoms with van der Waals surface area (Å²) in [6.45, 7) is 3.93. The summed E-state index contributed by atoms with van der Waals surface area (Å²) < 4.78 is 11.4. The Morgan fingerprint density at radius 3 is 2.59 bits per heavy atom. The third-order valence-electron chi connectivity index (χ3n) is 5.23. The van der Waals surface area contributed by atoms with Crippen molar-refractivity contribution in [2.75, 3.05) is 7.11 Å². The van der Waals surface area contributed by atoms with Crippen LogP contribution in [0, 0.1) is 0 Å². The van der Waals surface area contributed by atoms with Gasteiger partial charge in [-0.3, -0.25) is 4.79 Å². The summed E-state index contributed by atoms with van der Waals surface area (Å²) in [5.74, 6) is 1.45. The van der Waals surface area contributed by atoms with E-state index >= 15 is 0 Å². The van der Waals surface area contributed by atoms with Crippen molar-refractivity contribution in [1.82, 2.24) is 5.32 Å². The van der Waals surface area contributed by atoms with Crippen molar-refractivity contribution in [2.45, 2.75) is 58.1 Å². The molecule has 0 heterocycles. The van der Waals surface area contributed by atoms with Gasteiger partial charge < -0.3 is 14.8 Å². The van der Waals surface area contributed by atoms with E-state index in [1.807, 2.05) is 44.2 Å². The number of hydrogen-bond acceptors (Lipinski definition) is 3. The number of benzene rings is 2. The van der Waals surface area contributed by atoms with E-state index in [1.54, 1.807) is 7.11 Å². The average Bonchev–Trinajstić information content (AvgIpc) is 2.71. The molecule has 0 fully saturated rings. The van der Waals surface area contributed by atoms with Gasteiger partial charge in [0.15, 0.2) is 6.10 Å². The third-order valence-corrected chi connectivity index (χ3v) is 5.23. The van der Waals surface area contributed by atoms with Gasteiger partial charge >= 0.3 is 0 Å². The fraction of sp³-hybridized carbons (Fsp3) is 0.435. The molecular formula is C23H29NO3. The minimum atomic E-state index is -0.510. The number of ether oxygens (including phenoxy) is 2. The van der Waals surface area contributed by atoms with Crippen molar-refractivity contribution in [3.8, 4) is 11.5 Å². The van der Waals surface area contributed by atoms with Crippen LogP contribution >= 0.6 is 0 Å². The average molecular weight is 367 g/mol. The lowest BCUT2D eigenvalue weighted by atomic mass is 9.92. The number of para-hydroxylation sites is 1. The Labute approximate surface area is 161 Å². The van der Waals surface area contributed by atoms with Crippen molar-refractivity contribution < 1.29 is 14.3 Å². The van der Waals surface area contributed by atoms with Crippen LogP contribution in [-0.4, -0.2) is 19.1 Å². The molecule has 0 aromatic heterocycles. The number of nitrogens with one attached hydrogen (secondary N) is 1. The normalized spacial score (nSPS) is 15.4. The van der Waals surface area contributed by atoms with Crippen LogP contribution < -0.4 is 14.8 Å². The van der Waals surface area contributed by atoms with Crippen LogP contribution in [0.2, 0.25) is 0 Å². The highest BCUT2D eigenvalue weighted by Gasteiger charge is 2.22. The fourth-order valence-electron chi connectivity index (χ4n) is 3.68. The Bertz CT molecular complexity index is 787. The van der Waals surface area contributed by atoms with Gasteiger partial charge in [0, 0.05) is 5.56 Å². The van der Waals surface area contributed by atoms with E-state index in [0.717, 1.165) is 29.9 Å². The number of fused-ring (bicyclic) bond motifs is 1. The van der Waals surface area contributed by atoms with Gasteiger partial charge in [-0.2, -0.15) is 0 Å². The van der Waals surface area contributed by atoms with Crippen LogP contribution in [0.5, 0.6) is 11.5 Å². The summed E-state index contributed by atoms with van der Waals surface area (Å²) in [6, 6.07) is 13.8. The summed E-state index contributed by atoms with van der Waals surface area (Å²) in [4.78, 5) is 12.8. The van der Waals surface area contributed by atoms with Gasteiger partial charge in [-0.15, -0.1) is 0 Å². The van der Waals surface area contributed by atoms with Gasteiger partial charge in [0.2, 0.25) is 0 Å². The van der Waals surface area contributed by atoms with Gasteiger partial charge in [0.25, 0.3) is 5.91 Å². The molecule has 0 radical (unpaired) electrons. The summed E-state index contributed by atoms with van der Waals surface area (Å²) in [7, 11) is 1.64. The van der Waals surface area contributed by atoms with E-state index in [0.29, 0.717) is 6.42 Å². The molecule has 3 rings (SSSR count). The van der Waals surface area contributed by atoms with Crippen molar-refractivity contribution in [3.63, 3.8) is 0 Å². The molecule has 2 atom stereocenters. The first kappa shape index (κ1) is 19.3. The summed E-state index contributed by atoms with van der Waals surface area (Å²) in [5, 5.41) is 3.06. The molecule has 2 aromatic carbocycles. The molecule has 0 bridgehead atoms. The molecule has 2 aromatic rings. The Hall–Kier alpha value is -2.49. The number of aryl methyl sites for hydroxylation is 2. The molecule has 144 valence electrons. The molecule has 1 amide bonds. The topological polar surface area (TPSA) is 47.6 Å². The second kappa shape index (κ2) is 8.94. The molecule has 1 N–H and O–H groups in total. The lowest BCUT2D eigenvalue weighted by Crippen LogP contribution is -2.39. The first-order chi connectivity index (χ1) is 13.1. The van der Waals surface area contributed by atoms with E-state index in [2.05, 4.69) is 17.4 Å². The molecule has 4 nitrogen and oxygen atoms in total. The van der Waals surface area contributed by atoms with Crippen LogP contribution in [-0.2, 0) is 17.6 Å². The summed E-state index contributed by atoms with van der Waals surface area (Å²) >= 11 is 0. The second-order valence-electron chi connectivity index (χ2n) is 7.12. The van der Waals surface area contributed by atoms with Gasteiger partial charge in [-0.05, 0) is 68.4 Å². The van der Waals surface area contributed by atoms with Gasteiger partial charge in [0.1, 0.15) is 11.5 Å². The minimum absolute atomic E-state index is 0.103. The zero-order valence-corrected chi connectivity index (χ0v) is 16.5. The Balaban J connectivity index is 1.67. The maximum absolute atomic E-state index is 12.8. The number of rotatable bonds is 7. The lowest BCUT2D eigenvalue weighted by Gasteiger charge is -2.23. The molecular weight excluding hydrogens is 338 g/mol. The SMILES string of the molecule is CCC(Oc1ccc2c(c1)CCCC2)C(=O)NC(C)c1ccccc1OC. The van der Waals surface area contributed by atoms with Crippen LogP contribution in [0.1, 0.15) is 55.8 Å². The highest BCUT2D eigenvalue weighted by Crippen LogP contribution is 2.27. The predicted molar refractivity (Wildman–Crippen MR) is 107 cm³/mol. The van der Waals surface area contributed by atoms with Crippen LogP contribution in [0.3, 0.4) is 0 Å². The van der Waals surface area contributed by atoms with Gasteiger partial charge in [0.05, 0.1) is 13.2 Å². The van der Waals surface area contributed by atoms with Crippen LogP contribution in [0.25, 0.3) is 0 Å². The maximum Gasteiger partial charge on any atom is 0.261 e. The molecule has 0 spiro atoms. The molecule has 0 saturated carbocycles. The predicted octanol–water partition coefficient (Wildman–Crippen LogP) is 4.61. The zero-order chi connectivity index (χ0) is 19.2. The van der Waals surface area contributed by atoms with E-state index in [1.165, 1.54) is 24.0 Å². The molecule has 27 heavy (non-hydrogen) atoms. The van der Waals surface area contributed by atoms with Crippen LogP contribution in [0.15, 0.2) is 42.5 Å². The molecule has 4 heteroatoms. The fourth-order valence-corrected chi connectivity index (χ4v) is 3.68. The van der Waals surface area contributed by atoms with E-state index < -0.39 is 6.10 Å². The Morgan fingerprint density at radius 2 is 1.85 bits per heavy atom. The largest absolute Gasteiger partial charge is 0.496 e. The standard InChI is InChI=1S/C23H29NO3/c1-4-21(27-19-14-13-17-9-5-6-10-18(17)15-19)23(25)24-16(2)20-11-7-8-12-22(20)26-3/h7-8,11-16,21H,4-6,9-10H2,1-3H3,(H,24,25). The van der Waals surface area contributed by atoms with Gasteiger partial charge in [-0.1, -0.05) is 31.2 Å². The molecule has 1 aliphatic carbocycles. The van der Waals surface area contributed by atoms with Crippen molar-refractivity contribution in [3.05, 3.63) is 59.2 Å². The lowest BCUT2D eigenvalue weighted by molar-refractivity contribution is -0.128. The minimum Gasteiger partial charge on any atom is -0.496 e. The highest BCUT2D eigenvalue weighted by molar-refractivity contribution is 5.81. The molecule has 0 aliphatic heterocycles. The smallest absolute Gasteiger partial charge is 0.261 e. The summed E-state index contributed by atoms with van der Waals surface area (Å²) in [6.07, 6.45) is 4.83. The number of hydrogen-bond donors (Lipinski definition) is 1. The first-order valence-electron chi connectivity index (χ1n) is 9.84.